The monoisotopic (exact) mass is 1060 g/mol. The zero-order chi connectivity index (χ0) is 54.0. The Morgan fingerprint density at radius 3 is 1.09 bits per heavy atom. The van der Waals surface area contributed by atoms with Crippen LogP contribution in [0.5, 0.6) is 11.5 Å². The Hall–Kier alpha value is -8.60. The van der Waals surface area contributed by atoms with Gasteiger partial charge in [0.2, 0.25) is 0 Å². The zero-order valence-corrected chi connectivity index (χ0v) is 43.3. The maximum atomic E-state index is 12.8. The third-order valence-corrected chi connectivity index (χ3v) is 11.4. The minimum Gasteiger partial charge on any atom is -0.491 e. The van der Waals surface area contributed by atoms with Gasteiger partial charge < -0.3 is 47.4 Å². The third-order valence-electron chi connectivity index (χ3n) is 11.4. The lowest BCUT2D eigenvalue weighted by Crippen LogP contribution is -2.14. The quantitative estimate of drug-likeness (QED) is 0.121. The van der Waals surface area contributed by atoms with Crippen LogP contribution in [-0.4, -0.2) is 149 Å². The number of esters is 2. The summed E-state index contributed by atoms with van der Waals surface area (Å²) in [6.07, 6.45) is 3.41. The largest absolute Gasteiger partial charge is 0.491 e. The molecule has 4 aliphatic heterocycles. The van der Waals surface area contributed by atoms with Gasteiger partial charge >= 0.3 is 11.9 Å². The lowest BCUT2D eigenvalue weighted by atomic mass is 10.0. The van der Waals surface area contributed by atoms with Gasteiger partial charge in [0.15, 0.2) is 0 Å². The summed E-state index contributed by atoms with van der Waals surface area (Å²) in [4.78, 5) is 25.7. The molecule has 0 N–H and O–H groups in total. The van der Waals surface area contributed by atoms with Crippen molar-refractivity contribution in [3.05, 3.63) is 155 Å². The van der Waals surface area contributed by atoms with E-state index in [0.717, 1.165) is 33.8 Å². The first-order valence-electron chi connectivity index (χ1n) is 25.1. The van der Waals surface area contributed by atoms with Gasteiger partial charge in [0, 0.05) is 33.4 Å². The van der Waals surface area contributed by atoms with E-state index in [1.807, 2.05) is 72.8 Å². The molecule has 0 amide bonds. The summed E-state index contributed by atoms with van der Waals surface area (Å²) in [6.45, 7) is 6.22. The van der Waals surface area contributed by atoms with Gasteiger partial charge in [0.05, 0.1) is 141 Å². The lowest BCUT2D eigenvalue weighted by molar-refractivity contribution is 0.00781. The van der Waals surface area contributed by atoms with E-state index < -0.39 is 11.9 Å². The van der Waals surface area contributed by atoms with Crippen molar-refractivity contribution in [2.75, 3.05) is 107 Å². The maximum absolute atomic E-state index is 12.8. The summed E-state index contributed by atoms with van der Waals surface area (Å²) in [5, 5.41) is 26.0. The second-order valence-electron chi connectivity index (χ2n) is 16.9. The smallest absolute Gasteiger partial charge is 0.338 e. The standard InChI is InChI=1S/C58H58N8O12/c1-69-57(67)51-21-15-47-39-53(51)55-41-65(63-61-55)23-25-71-27-29-73-31-33-75-35-37-77-49-17-11-45(12-18-49)9-7-43-3-5-44(6-4-43)8-10-46-13-19-50(20-14-46)78-38-36-76-34-32-74-30-28-72-26-24-66-42-56(62-64-66)54-40-48(60-59-47)16-22-52(54)58(68)70-2/h3-6,11-22,39-42H,23-38H2,1-2H3. The molecule has 0 aliphatic carbocycles. The molecule has 5 aromatic carbocycles. The Bertz CT molecular complexity index is 2980. The molecule has 4 aliphatic rings. The first kappa shape index (κ1) is 55.6. The lowest BCUT2D eigenvalue weighted by Gasteiger charge is -2.08. The normalized spacial score (nSPS) is 14.9. The Morgan fingerprint density at radius 1 is 0.423 bits per heavy atom. The minimum atomic E-state index is -0.559. The Kier molecular flexibility index (Phi) is 21.6. The molecule has 20 nitrogen and oxygen atoms in total. The van der Waals surface area contributed by atoms with E-state index >= 15 is 0 Å². The van der Waals surface area contributed by atoms with Crippen molar-refractivity contribution in [3.63, 3.8) is 0 Å². The number of hydrogen-bond donors (Lipinski definition) is 0. The summed E-state index contributed by atoms with van der Waals surface area (Å²) < 4.78 is 59.2. The first-order chi connectivity index (χ1) is 38.4. The van der Waals surface area contributed by atoms with Crippen LogP contribution >= 0.6 is 0 Å². The van der Waals surface area contributed by atoms with Crippen molar-refractivity contribution >= 4 is 23.3 Å². The Morgan fingerprint density at radius 2 is 0.744 bits per heavy atom. The van der Waals surface area contributed by atoms with E-state index in [1.54, 1.807) is 58.2 Å². The van der Waals surface area contributed by atoms with Gasteiger partial charge in [-0.25, -0.2) is 19.0 Å². The van der Waals surface area contributed by atoms with Gasteiger partial charge in [0.25, 0.3) is 0 Å². The van der Waals surface area contributed by atoms with Gasteiger partial charge in [-0.05, 0) is 109 Å². The van der Waals surface area contributed by atoms with E-state index in [0.29, 0.717) is 139 Å². The van der Waals surface area contributed by atoms with Crippen molar-refractivity contribution in [2.24, 2.45) is 10.2 Å². The van der Waals surface area contributed by atoms with Crippen LogP contribution in [0.15, 0.2) is 132 Å². The fourth-order valence-electron chi connectivity index (χ4n) is 7.40. The van der Waals surface area contributed by atoms with Crippen molar-refractivity contribution in [3.8, 4) is 57.7 Å². The van der Waals surface area contributed by atoms with Gasteiger partial charge in [0.1, 0.15) is 36.1 Å². The highest BCUT2D eigenvalue weighted by atomic mass is 16.6. The second-order valence-corrected chi connectivity index (χ2v) is 16.9. The Balaban J connectivity index is 0.863. The number of carbonyl (C=O) groups excluding carboxylic acids is 2. The van der Waals surface area contributed by atoms with E-state index in [1.165, 1.54) is 14.2 Å². The van der Waals surface area contributed by atoms with Crippen LogP contribution in [0, 0.1) is 23.7 Å². The Labute approximate surface area is 451 Å². The van der Waals surface area contributed by atoms with Crippen molar-refractivity contribution in [2.45, 2.75) is 13.1 Å². The SMILES string of the molecule is COC(=O)c1ccc2cc1-c1cn(nn1)CCOCCOCCOCCOc1ccc(cc1)C#Cc1ccc(cc1)C#Cc1ccc(cc1)OCCOCCOCCOCCn1cc(nn1)-c1cc(ccc1C(=O)OC)N=N2. The number of azo groups is 1. The molecule has 0 radical (unpaired) electrons. The fourth-order valence-corrected chi connectivity index (χ4v) is 7.40. The zero-order valence-electron chi connectivity index (χ0n) is 43.3. The highest BCUT2D eigenvalue weighted by molar-refractivity contribution is 5.98. The number of nitrogens with zero attached hydrogens (tertiary/aromatic N) is 8. The van der Waals surface area contributed by atoms with Crippen LogP contribution < -0.4 is 9.47 Å². The van der Waals surface area contributed by atoms with E-state index in [-0.39, 0.29) is 11.1 Å². The number of fused-ring (bicyclic) bond motifs is 3. The highest BCUT2D eigenvalue weighted by Gasteiger charge is 2.19. The number of methoxy groups -OCH3 is 2. The highest BCUT2D eigenvalue weighted by Crippen LogP contribution is 2.31. The maximum Gasteiger partial charge on any atom is 0.338 e. The molecule has 20 heteroatoms. The molecule has 0 atom stereocenters. The second kappa shape index (κ2) is 30.2. The predicted molar refractivity (Wildman–Crippen MR) is 285 cm³/mol. The van der Waals surface area contributed by atoms with Crippen LogP contribution in [0.1, 0.15) is 43.0 Å². The molecule has 0 saturated heterocycles. The van der Waals surface area contributed by atoms with Crippen molar-refractivity contribution in [1.29, 1.82) is 0 Å². The molecule has 0 spiro atoms. The van der Waals surface area contributed by atoms with Crippen LogP contribution in [0.3, 0.4) is 0 Å². The van der Waals surface area contributed by atoms with E-state index in [4.69, 9.17) is 47.4 Å². The predicted octanol–water partition coefficient (Wildman–Crippen LogP) is 7.56. The average Bonchev–Trinajstić information content (AvgIpc) is 4.18. The minimum absolute atomic E-state index is 0.266. The van der Waals surface area contributed by atoms with Crippen molar-refractivity contribution < 1.29 is 57.0 Å². The molecule has 0 saturated carbocycles. The average molecular weight is 1060 g/mol. The fraction of sp³-hybridized carbons (Fsp3) is 0.310. The number of carbonyl (C=O) groups is 2. The third kappa shape index (κ3) is 17.5. The molecule has 14 bridgehead atoms. The number of ether oxygens (including phenoxy) is 10. The molecule has 78 heavy (non-hydrogen) atoms. The van der Waals surface area contributed by atoms with Crippen LogP contribution in [0.2, 0.25) is 0 Å². The summed E-state index contributed by atoms with van der Waals surface area (Å²) in [5.74, 6) is 13.2. The van der Waals surface area contributed by atoms with Crippen LogP contribution in [0.4, 0.5) is 11.4 Å². The summed E-state index contributed by atoms with van der Waals surface area (Å²) >= 11 is 0. The molecule has 0 fully saturated rings. The molecule has 6 heterocycles. The molecule has 2 aromatic heterocycles. The number of hydrogen-bond acceptors (Lipinski definition) is 18. The summed E-state index contributed by atoms with van der Waals surface area (Å²) in [7, 11) is 2.60. The number of rotatable bonds is 2. The molecule has 402 valence electrons. The number of aromatic nitrogens is 6. The topological polar surface area (TPSA) is 213 Å². The molecule has 7 aromatic rings. The summed E-state index contributed by atoms with van der Waals surface area (Å²) in [5.41, 5.74) is 6.59. The van der Waals surface area contributed by atoms with Gasteiger partial charge in [-0.15, -0.1) is 10.2 Å². The van der Waals surface area contributed by atoms with Gasteiger partial charge in [-0.1, -0.05) is 34.1 Å². The molecule has 11 rings (SSSR count). The van der Waals surface area contributed by atoms with E-state index in [2.05, 4.69) is 54.5 Å². The number of benzene rings is 5. The van der Waals surface area contributed by atoms with Crippen molar-refractivity contribution in [1.82, 2.24) is 30.0 Å². The van der Waals surface area contributed by atoms with Gasteiger partial charge in [-0.3, -0.25) is 0 Å². The summed E-state index contributed by atoms with van der Waals surface area (Å²) in [6, 6.07) is 32.8. The van der Waals surface area contributed by atoms with Crippen LogP contribution in [0.25, 0.3) is 22.5 Å². The van der Waals surface area contributed by atoms with E-state index in [9.17, 15) is 9.59 Å². The molecular formula is C58H58N8O12. The first-order valence-corrected chi connectivity index (χ1v) is 25.1. The van der Waals surface area contributed by atoms with Gasteiger partial charge in [-0.2, -0.15) is 10.2 Å². The molecular weight excluding hydrogens is 1000 g/mol. The van der Waals surface area contributed by atoms with Crippen LogP contribution in [-0.2, 0) is 51.0 Å². The molecule has 0 unspecified atom stereocenters.